The summed E-state index contributed by atoms with van der Waals surface area (Å²) in [6.07, 6.45) is 1.87. The van der Waals surface area contributed by atoms with Crippen LogP contribution in [0.1, 0.15) is 36.9 Å². The molecule has 0 aliphatic carbocycles. The van der Waals surface area contributed by atoms with Gasteiger partial charge in [-0.1, -0.05) is 47.1 Å². The van der Waals surface area contributed by atoms with Gasteiger partial charge in [0, 0.05) is 10.5 Å². The Morgan fingerprint density at radius 3 is 2.80 bits per heavy atom. The van der Waals surface area contributed by atoms with E-state index < -0.39 is 0 Å². The van der Waals surface area contributed by atoms with Crippen LogP contribution in [0, 0.1) is 6.92 Å². The highest BCUT2D eigenvalue weighted by atomic mass is 79.9. The first-order valence-corrected chi connectivity index (χ1v) is 6.02. The third-order valence-corrected chi connectivity index (χ3v) is 3.58. The molecule has 1 aromatic carbocycles. The Balaban J connectivity index is 2.86. The van der Waals surface area contributed by atoms with Gasteiger partial charge in [-0.2, -0.15) is 0 Å². The van der Waals surface area contributed by atoms with Crippen molar-refractivity contribution in [2.45, 2.75) is 32.7 Å². The van der Waals surface area contributed by atoms with E-state index in [0.717, 1.165) is 17.3 Å². The molecule has 0 bridgehead atoms. The van der Waals surface area contributed by atoms with E-state index in [-0.39, 0.29) is 6.04 Å². The van der Waals surface area contributed by atoms with Crippen LogP contribution >= 0.6 is 15.9 Å². The predicted octanol–water partition coefficient (Wildman–Crippen LogP) is 4.11. The molecule has 0 saturated heterocycles. The molecule has 2 heteroatoms. The van der Waals surface area contributed by atoms with E-state index in [1.807, 2.05) is 12.1 Å². The Labute approximate surface area is 101 Å². The molecule has 0 aromatic heterocycles. The van der Waals surface area contributed by atoms with Crippen LogP contribution in [0.4, 0.5) is 0 Å². The molecule has 82 valence electrons. The third-order valence-electron chi connectivity index (χ3n) is 2.72. The van der Waals surface area contributed by atoms with Crippen LogP contribution in [0.3, 0.4) is 0 Å². The molecular weight excluding hydrogens is 250 g/mol. The first kappa shape index (κ1) is 12.5. The fraction of sp³-hybridized carbons (Fsp3) is 0.385. The average molecular weight is 268 g/mol. The summed E-state index contributed by atoms with van der Waals surface area (Å²) < 4.78 is 1.12. The summed E-state index contributed by atoms with van der Waals surface area (Å²) in [4.78, 5) is 0. The van der Waals surface area contributed by atoms with Crippen molar-refractivity contribution in [1.29, 1.82) is 0 Å². The number of halogens is 1. The zero-order chi connectivity index (χ0) is 11.4. The van der Waals surface area contributed by atoms with E-state index in [1.54, 1.807) is 0 Å². The van der Waals surface area contributed by atoms with Crippen molar-refractivity contribution in [3.63, 3.8) is 0 Å². The van der Waals surface area contributed by atoms with Crippen LogP contribution in [0.5, 0.6) is 0 Å². The van der Waals surface area contributed by atoms with Crippen molar-refractivity contribution in [3.8, 4) is 0 Å². The molecule has 0 radical (unpaired) electrons. The molecule has 0 fully saturated rings. The molecule has 1 nitrogen and oxygen atoms in total. The topological polar surface area (TPSA) is 26.0 Å². The largest absolute Gasteiger partial charge is 0.324 e. The molecule has 1 atom stereocenters. The number of nitrogens with two attached hydrogens (primary N) is 1. The lowest BCUT2D eigenvalue weighted by molar-refractivity contribution is 0.696. The van der Waals surface area contributed by atoms with Gasteiger partial charge in [-0.15, -0.1) is 0 Å². The van der Waals surface area contributed by atoms with Crippen LogP contribution in [0.25, 0.3) is 0 Å². The molecule has 0 aliphatic heterocycles. The molecule has 0 aliphatic rings. The van der Waals surface area contributed by atoms with E-state index in [0.29, 0.717) is 0 Å². The van der Waals surface area contributed by atoms with Gasteiger partial charge in [0.1, 0.15) is 0 Å². The minimum absolute atomic E-state index is 0.0648. The van der Waals surface area contributed by atoms with Crippen LogP contribution in [-0.2, 0) is 0 Å². The zero-order valence-electron chi connectivity index (χ0n) is 9.39. The Morgan fingerprint density at radius 1 is 1.53 bits per heavy atom. The number of hydrogen-bond acceptors (Lipinski definition) is 1. The highest BCUT2D eigenvalue weighted by molar-refractivity contribution is 9.10. The molecule has 0 spiro atoms. The van der Waals surface area contributed by atoms with E-state index >= 15 is 0 Å². The summed E-state index contributed by atoms with van der Waals surface area (Å²) in [6, 6.07) is 6.23. The fourth-order valence-electron chi connectivity index (χ4n) is 1.59. The Kier molecular flexibility index (Phi) is 4.55. The van der Waals surface area contributed by atoms with Crippen molar-refractivity contribution in [3.05, 3.63) is 46.0 Å². The van der Waals surface area contributed by atoms with Gasteiger partial charge < -0.3 is 5.73 Å². The molecule has 2 N–H and O–H groups in total. The van der Waals surface area contributed by atoms with E-state index in [9.17, 15) is 0 Å². The Bertz CT molecular complexity index is 358. The number of hydrogen-bond donors (Lipinski definition) is 1. The Hall–Kier alpha value is -0.600. The third kappa shape index (κ3) is 3.18. The van der Waals surface area contributed by atoms with Crippen molar-refractivity contribution in [1.82, 2.24) is 0 Å². The van der Waals surface area contributed by atoms with Crippen molar-refractivity contribution in [2.24, 2.45) is 5.73 Å². The van der Waals surface area contributed by atoms with Gasteiger partial charge in [0.15, 0.2) is 0 Å². The SMILES string of the molecule is C=C(CC)CC(N)c1cccc(Br)c1C. The van der Waals surface area contributed by atoms with Gasteiger partial charge >= 0.3 is 0 Å². The summed E-state index contributed by atoms with van der Waals surface area (Å²) in [6.45, 7) is 8.20. The van der Waals surface area contributed by atoms with E-state index in [2.05, 4.69) is 42.4 Å². The second-order valence-electron chi connectivity index (χ2n) is 3.87. The number of rotatable bonds is 4. The van der Waals surface area contributed by atoms with Gasteiger partial charge in [0.2, 0.25) is 0 Å². The summed E-state index contributed by atoms with van der Waals surface area (Å²) >= 11 is 3.52. The fourth-order valence-corrected chi connectivity index (χ4v) is 1.97. The molecule has 1 rings (SSSR count). The second-order valence-corrected chi connectivity index (χ2v) is 4.72. The minimum Gasteiger partial charge on any atom is -0.324 e. The summed E-state index contributed by atoms with van der Waals surface area (Å²) in [5, 5.41) is 0. The molecule has 0 amide bonds. The van der Waals surface area contributed by atoms with Gasteiger partial charge in [-0.3, -0.25) is 0 Å². The van der Waals surface area contributed by atoms with E-state index in [1.165, 1.54) is 16.7 Å². The smallest absolute Gasteiger partial charge is 0.0335 e. The monoisotopic (exact) mass is 267 g/mol. The highest BCUT2D eigenvalue weighted by Gasteiger charge is 2.10. The Morgan fingerprint density at radius 2 is 2.20 bits per heavy atom. The maximum absolute atomic E-state index is 6.16. The molecule has 1 aromatic rings. The second kappa shape index (κ2) is 5.47. The summed E-state index contributed by atoms with van der Waals surface area (Å²) in [5.41, 5.74) is 9.81. The standard InChI is InChI=1S/C13H18BrN/c1-4-9(2)8-13(15)11-6-5-7-12(14)10(11)3/h5-7,13H,2,4,8,15H2,1,3H3. The van der Waals surface area contributed by atoms with Gasteiger partial charge in [-0.25, -0.2) is 0 Å². The van der Waals surface area contributed by atoms with Crippen molar-refractivity contribution < 1.29 is 0 Å². The number of benzene rings is 1. The maximum atomic E-state index is 6.16. The average Bonchev–Trinajstić information content (AvgIpc) is 2.21. The minimum atomic E-state index is 0.0648. The zero-order valence-corrected chi connectivity index (χ0v) is 11.0. The van der Waals surface area contributed by atoms with E-state index in [4.69, 9.17) is 5.73 Å². The molecule has 15 heavy (non-hydrogen) atoms. The lowest BCUT2D eigenvalue weighted by atomic mass is 9.96. The molecule has 0 heterocycles. The van der Waals surface area contributed by atoms with Crippen LogP contribution < -0.4 is 5.73 Å². The molecular formula is C13H18BrN. The predicted molar refractivity (Wildman–Crippen MR) is 69.9 cm³/mol. The summed E-state index contributed by atoms with van der Waals surface area (Å²) in [5.74, 6) is 0. The van der Waals surface area contributed by atoms with Gasteiger partial charge in [0.25, 0.3) is 0 Å². The van der Waals surface area contributed by atoms with Crippen molar-refractivity contribution in [2.75, 3.05) is 0 Å². The first-order chi connectivity index (χ1) is 7.06. The van der Waals surface area contributed by atoms with Crippen LogP contribution in [-0.4, -0.2) is 0 Å². The lowest BCUT2D eigenvalue weighted by Crippen LogP contribution is -2.12. The quantitative estimate of drug-likeness (QED) is 0.817. The van der Waals surface area contributed by atoms with Crippen LogP contribution in [0.15, 0.2) is 34.8 Å². The van der Waals surface area contributed by atoms with Gasteiger partial charge in [0.05, 0.1) is 0 Å². The molecule has 0 saturated carbocycles. The van der Waals surface area contributed by atoms with Crippen molar-refractivity contribution >= 4 is 15.9 Å². The normalized spacial score (nSPS) is 12.5. The van der Waals surface area contributed by atoms with Crippen LogP contribution in [0.2, 0.25) is 0 Å². The maximum Gasteiger partial charge on any atom is 0.0335 e. The lowest BCUT2D eigenvalue weighted by Gasteiger charge is -2.16. The first-order valence-electron chi connectivity index (χ1n) is 5.23. The highest BCUT2D eigenvalue weighted by Crippen LogP contribution is 2.26. The molecule has 1 unspecified atom stereocenters. The van der Waals surface area contributed by atoms with Gasteiger partial charge in [-0.05, 0) is 37.0 Å². The summed E-state index contributed by atoms with van der Waals surface area (Å²) in [7, 11) is 0.